The van der Waals surface area contributed by atoms with Crippen LogP contribution in [0.25, 0.3) is 0 Å². The van der Waals surface area contributed by atoms with Crippen LogP contribution in [-0.2, 0) is 0 Å². The van der Waals surface area contributed by atoms with Crippen molar-refractivity contribution in [3.63, 3.8) is 0 Å². The number of hydrogen-bond acceptors (Lipinski definition) is 3. The normalized spacial score (nSPS) is 13.5. The zero-order valence-corrected chi connectivity index (χ0v) is 12.3. The van der Waals surface area contributed by atoms with Gasteiger partial charge in [0.25, 0.3) is 5.91 Å². The molecule has 1 aromatic rings. The van der Waals surface area contributed by atoms with E-state index in [1.165, 1.54) is 0 Å². The van der Waals surface area contributed by atoms with E-state index in [1.54, 1.807) is 13.0 Å². The maximum atomic E-state index is 11.7. The van der Waals surface area contributed by atoms with Gasteiger partial charge in [-0.2, -0.15) is 0 Å². The third kappa shape index (κ3) is 5.35. The fourth-order valence-corrected chi connectivity index (χ4v) is 2.63. The molecule has 1 amide bonds. The van der Waals surface area contributed by atoms with Crippen molar-refractivity contribution in [2.45, 2.75) is 38.9 Å². The Bertz CT molecular complexity index is 382. The van der Waals surface area contributed by atoms with Crippen LogP contribution in [0.4, 0.5) is 0 Å². The largest absolute Gasteiger partial charge is 0.351 e. The lowest BCUT2D eigenvalue weighted by atomic mass is 9.90. The smallest absolute Gasteiger partial charge is 0.289 e. The van der Waals surface area contributed by atoms with Crippen LogP contribution in [0, 0.1) is 12.3 Å². The van der Waals surface area contributed by atoms with Crippen LogP contribution in [0.15, 0.2) is 10.6 Å². The second-order valence-corrected chi connectivity index (χ2v) is 6.70. The van der Waals surface area contributed by atoms with Gasteiger partial charge in [-0.3, -0.25) is 4.79 Å². The summed E-state index contributed by atoms with van der Waals surface area (Å²) in [5.41, 5.74) is 0.946. The molecule has 0 spiro atoms. The number of carbonyl (C=O) groups is 1. The summed E-state index contributed by atoms with van der Waals surface area (Å²) in [6, 6.07) is 1.63. The Balaban J connectivity index is 2.38. The summed E-state index contributed by atoms with van der Waals surface area (Å²) in [5, 5.41) is 6.49. The molecule has 0 bridgehead atoms. The first kappa shape index (κ1) is 14.2. The van der Waals surface area contributed by atoms with Gasteiger partial charge in [-0.1, -0.05) is 41.9 Å². The van der Waals surface area contributed by atoms with E-state index in [9.17, 15) is 4.79 Å². The second-order valence-electron chi connectivity index (χ2n) is 5.40. The molecule has 96 valence electrons. The number of nitrogens with zero attached hydrogens (tertiary/aromatic N) is 1. The lowest BCUT2D eigenvalue weighted by molar-refractivity contribution is 0.0915. The molecule has 5 heteroatoms. The van der Waals surface area contributed by atoms with Crippen molar-refractivity contribution in [3.05, 3.63) is 17.5 Å². The van der Waals surface area contributed by atoms with E-state index in [0.29, 0.717) is 12.2 Å². The molecule has 0 saturated carbocycles. The molecule has 1 N–H and O–H groups in total. The number of alkyl halides is 1. The lowest BCUT2D eigenvalue weighted by Gasteiger charge is -2.22. The molecule has 0 radical (unpaired) electrons. The third-order valence-corrected chi connectivity index (χ3v) is 2.82. The zero-order valence-electron chi connectivity index (χ0n) is 10.7. The predicted octanol–water partition coefficient (Wildman–Crippen LogP) is 2.91. The molecule has 0 aliphatic carbocycles. The Kier molecular flexibility index (Phi) is 4.74. The number of aryl methyl sites for hydroxylation is 1. The number of aromatic nitrogens is 1. The minimum absolute atomic E-state index is 0.219. The molecule has 0 fully saturated rings. The molecular weight excluding hydrogens is 284 g/mol. The summed E-state index contributed by atoms with van der Waals surface area (Å²) in [6.07, 6.45) is 0.989. The molecule has 0 saturated heterocycles. The Morgan fingerprint density at radius 1 is 1.59 bits per heavy atom. The van der Waals surface area contributed by atoms with Crippen LogP contribution in [0.3, 0.4) is 0 Å². The standard InChI is InChI=1S/C12H19BrN2O2/c1-8-5-10(17-15-8)11(16)14-7-9(13)6-12(2,3)4/h5,9H,6-7H2,1-4H3,(H,14,16). The highest BCUT2D eigenvalue weighted by molar-refractivity contribution is 9.09. The van der Waals surface area contributed by atoms with Crippen molar-refractivity contribution in [2.75, 3.05) is 6.54 Å². The number of nitrogens with one attached hydrogen (secondary N) is 1. The Morgan fingerprint density at radius 2 is 2.24 bits per heavy atom. The van der Waals surface area contributed by atoms with Crippen LogP contribution in [0.1, 0.15) is 43.4 Å². The minimum atomic E-state index is -0.219. The van der Waals surface area contributed by atoms with Gasteiger partial charge >= 0.3 is 0 Å². The number of amides is 1. The molecule has 0 aliphatic rings. The first-order valence-electron chi connectivity index (χ1n) is 5.63. The fraction of sp³-hybridized carbons (Fsp3) is 0.667. The van der Waals surface area contributed by atoms with Crippen molar-refractivity contribution >= 4 is 21.8 Å². The highest BCUT2D eigenvalue weighted by Crippen LogP contribution is 2.24. The van der Waals surface area contributed by atoms with E-state index in [4.69, 9.17) is 4.52 Å². The van der Waals surface area contributed by atoms with Crippen molar-refractivity contribution in [1.29, 1.82) is 0 Å². The SMILES string of the molecule is Cc1cc(C(=O)NCC(Br)CC(C)(C)C)on1. The van der Waals surface area contributed by atoms with Crippen LogP contribution in [0.2, 0.25) is 0 Å². The van der Waals surface area contributed by atoms with Crippen LogP contribution < -0.4 is 5.32 Å². The molecule has 1 rings (SSSR count). The molecule has 1 atom stereocenters. The molecule has 1 heterocycles. The second kappa shape index (κ2) is 5.67. The Labute approximate surface area is 110 Å². The number of hydrogen-bond donors (Lipinski definition) is 1. The van der Waals surface area contributed by atoms with E-state index >= 15 is 0 Å². The van der Waals surface area contributed by atoms with Crippen molar-refractivity contribution in [3.8, 4) is 0 Å². The quantitative estimate of drug-likeness (QED) is 0.870. The highest BCUT2D eigenvalue weighted by atomic mass is 79.9. The predicted molar refractivity (Wildman–Crippen MR) is 70.4 cm³/mol. The van der Waals surface area contributed by atoms with E-state index in [2.05, 4.69) is 47.2 Å². The van der Waals surface area contributed by atoms with Gasteiger partial charge in [-0.25, -0.2) is 0 Å². The number of rotatable bonds is 4. The first-order valence-corrected chi connectivity index (χ1v) is 6.55. The monoisotopic (exact) mass is 302 g/mol. The van der Waals surface area contributed by atoms with Crippen molar-refractivity contribution < 1.29 is 9.32 Å². The number of halogens is 1. The summed E-state index contributed by atoms with van der Waals surface area (Å²) in [5.74, 6) is 0.0434. The molecular formula is C12H19BrN2O2. The molecule has 1 unspecified atom stereocenters. The molecule has 0 aliphatic heterocycles. The van der Waals surface area contributed by atoms with Gasteiger partial charge < -0.3 is 9.84 Å². The topological polar surface area (TPSA) is 55.1 Å². The maximum Gasteiger partial charge on any atom is 0.289 e. The molecule has 17 heavy (non-hydrogen) atoms. The molecule has 0 aromatic carbocycles. The first-order chi connectivity index (χ1) is 7.78. The maximum absolute atomic E-state index is 11.7. The van der Waals surface area contributed by atoms with Gasteiger partial charge in [0.2, 0.25) is 5.76 Å². The van der Waals surface area contributed by atoms with E-state index in [0.717, 1.165) is 6.42 Å². The zero-order chi connectivity index (χ0) is 13.1. The van der Waals surface area contributed by atoms with Crippen LogP contribution >= 0.6 is 15.9 Å². The van der Waals surface area contributed by atoms with Gasteiger partial charge in [-0.15, -0.1) is 0 Å². The summed E-state index contributed by atoms with van der Waals surface area (Å²) < 4.78 is 4.88. The van der Waals surface area contributed by atoms with Crippen molar-refractivity contribution in [1.82, 2.24) is 10.5 Å². The summed E-state index contributed by atoms with van der Waals surface area (Å²) in [4.78, 5) is 11.9. The average molecular weight is 303 g/mol. The van der Waals surface area contributed by atoms with E-state index < -0.39 is 0 Å². The fourth-order valence-electron chi connectivity index (χ4n) is 1.50. The summed E-state index contributed by atoms with van der Waals surface area (Å²) in [6.45, 7) is 8.87. The van der Waals surface area contributed by atoms with Gasteiger partial charge in [0.05, 0.1) is 5.69 Å². The third-order valence-electron chi connectivity index (χ3n) is 2.17. The summed E-state index contributed by atoms with van der Waals surface area (Å²) >= 11 is 3.56. The van der Waals surface area contributed by atoms with E-state index in [-0.39, 0.29) is 21.9 Å². The number of carbonyl (C=O) groups excluding carboxylic acids is 1. The molecule has 4 nitrogen and oxygen atoms in total. The van der Waals surface area contributed by atoms with Crippen molar-refractivity contribution in [2.24, 2.45) is 5.41 Å². The lowest BCUT2D eigenvalue weighted by Crippen LogP contribution is -2.31. The van der Waals surface area contributed by atoms with Gasteiger partial charge in [0.1, 0.15) is 0 Å². The average Bonchev–Trinajstić information content (AvgIpc) is 2.58. The van der Waals surface area contributed by atoms with Gasteiger partial charge in [-0.05, 0) is 18.8 Å². The van der Waals surface area contributed by atoms with Gasteiger partial charge in [0, 0.05) is 17.4 Å². The Hall–Kier alpha value is -0.840. The van der Waals surface area contributed by atoms with Gasteiger partial charge in [0.15, 0.2) is 0 Å². The molecule has 1 aromatic heterocycles. The highest BCUT2D eigenvalue weighted by Gasteiger charge is 2.18. The minimum Gasteiger partial charge on any atom is -0.351 e. The van der Waals surface area contributed by atoms with E-state index in [1.807, 2.05) is 0 Å². The van der Waals surface area contributed by atoms with Crippen LogP contribution in [0.5, 0.6) is 0 Å². The summed E-state index contributed by atoms with van der Waals surface area (Å²) in [7, 11) is 0. The Morgan fingerprint density at radius 3 is 2.71 bits per heavy atom. The van der Waals surface area contributed by atoms with Crippen LogP contribution in [-0.4, -0.2) is 22.4 Å².